The number of hydrogen-bond donors (Lipinski definition) is 0. The van der Waals surface area contributed by atoms with Crippen molar-refractivity contribution in [2.45, 2.75) is 0 Å². The second kappa shape index (κ2) is 8.67. The molecule has 5 nitrogen and oxygen atoms in total. The van der Waals surface area contributed by atoms with Gasteiger partial charge in [0.25, 0.3) is 0 Å². The van der Waals surface area contributed by atoms with Gasteiger partial charge in [0.1, 0.15) is 7.05 Å². The fraction of sp³-hybridized carbons (Fsp3) is 0.121. The summed E-state index contributed by atoms with van der Waals surface area (Å²) in [7, 11) is 5.44. The van der Waals surface area contributed by atoms with Crippen LogP contribution < -0.4 is 23.5 Å². The number of methoxy groups -OCH3 is 2. The van der Waals surface area contributed by atoms with Crippen molar-refractivity contribution in [2.24, 2.45) is 7.05 Å². The molecule has 0 radical (unpaired) electrons. The second-order valence-electron chi connectivity index (χ2n) is 9.52. The van der Waals surface area contributed by atoms with Gasteiger partial charge in [-0.3, -0.25) is 0 Å². The molecular formula is C33H26NO4+. The number of aryl methyl sites for hydroxylation is 1. The van der Waals surface area contributed by atoms with E-state index in [0.29, 0.717) is 5.75 Å². The van der Waals surface area contributed by atoms with Crippen molar-refractivity contribution in [1.29, 1.82) is 0 Å². The number of nitrogens with zero attached hydrogens (tertiary/aromatic N) is 1. The molecule has 0 N–H and O–H groups in total. The highest BCUT2D eigenvalue weighted by Gasteiger charge is 2.24. The third-order valence-corrected chi connectivity index (χ3v) is 7.44. The van der Waals surface area contributed by atoms with Crippen LogP contribution in [0.3, 0.4) is 0 Å². The van der Waals surface area contributed by atoms with Crippen LogP contribution in [-0.4, -0.2) is 21.0 Å². The summed E-state index contributed by atoms with van der Waals surface area (Å²) in [5.74, 6) is 2.97. The van der Waals surface area contributed by atoms with Crippen molar-refractivity contribution in [3.05, 3.63) is 91.1 Å². The Hall–Kier alpha value is -4.77. The quantitative estimate of drug-likeness (QED) is 0.192. The Morgan fingerprint density at radius 2 is 1.39 bits per heavy atom. The Kier molecular flexibility index (Phi) is 5.11. The average molecular weight is 501 g/mol. The Morgan fingerprint density at radius 3 is 2.13 bits per heavy atom. The molecule has 5 aromatic carbocycles. The molecule has 38 heavy (non-hydrogen) atoms. The molecule has 186 valence electrons. The zero-order chi connectivity index (χ0) is 25.8. The largest absolute Gasteiger partial charge is 0.493 e. The topological polar surface area (TPSA) is 40.8 Å². The van der Waals surface area contributed by atoms with Crippen LogP contribution >= 0.6 is 0 Å². The van der Waals surface area contributed by atoms with Crippen molar-refractivity contribution in [3.63, 3.8) is 0 Å². The van der Waals surface area contributed by atoms with Gasteiger partial charge in [0.15, 0.2) is 29.2 Å². The smallest absolute Gasteiger partial charge is 0.231 e. The summed E-state index contributed by atoms with van der Waals surface area (Å²) < 4.78 is 25.2. The first-order valence-corrected chi connectivity index (χ1v) is 12.6. The van der Waals surface area contributed by atoms with Crippen molar-refractivity contribution in [2.75, 3.05) is 21.0 Å². The molecule has 7 rings (SSSR count). The first-order valence-electron chi connectivity index (χ1n) is 12.6. The highest BCUT2D eigenvalue weighted by molar-refractivity contribution is 6.19. The van der Waals surface area contributed by atoms with Gasteiger partial charge in [-0.2, -0.15) is 4.57 Å². The number of benzene rings is 5. The standard InChI is InChI=1S/C33H26NO4/c1-34-18-27-31(24-14-13-23-15-28-29(38-19-37-28)17-26(23)32(24)34)25(16-30(35-2)33(27)36-3)22-11-9-21(10-12-22)20-7-5-4-6-8-20/h4-18H,19H2,1-3H3/q+1. The van der Waals surface area contributed by atoms with Gasteiger partial charge in [-0.05, 0) is 51.9 Å². The van der Waals surface area contributed by atoms with Crippen molar-refractivity contribution >= 4 is 32.4 Å². The lowest BCUT2D eigenvalue weighted by Gasteiger charge is -2.17. The van der Waals surface area contributed by atoms with E-state index in [1.165, 1.54) is 11.1 Å². The minimum absolute atomic E-state index is 0.249. The van der Waals surface area contributed by atoms with Crippen LogP contribution in [0, 0.1) is 0 Å². The van der Waals surface area contributed by atoms with Gasteiger partial charge >= 0.3 is 0 Å². The molecule has 0 fully saturated rings. The summed E-state index contributed by atoms with van der Waals surface area (Å²) in [6.07, 6.45) is 2.13. The SMILES string of the molecule is COc1cc(-c2ccc(-c3ccccc3)cc2)c2c(c[n+](C)c3c4cc5c(cc4ccc23)OCO5)c1OC. The summed E-state index contributed by atoms with van der Waals surface area (Å²) in [5, 5.41) is 5.44. The maximum absolute atomic E-state index is 5.89. The van der Waals surface area contributed by atoms with Crippen LogP contribution in [0.2, 0.25) is 0 Å². The molecule has 0 saturated carbocycles. The molecule has 0 bridgehead atoms. The molecule has 0 amide bonds. The van der Waals surface area contributed by atoms with Crippen LogP contribution in [0.25, 0.3) is 54.7 Å². The predicted molar refractivity (Wildman–Crippen MR) is 150 cm³/mol. The molecule has 0 saturated heterocycles. The average Bonchev–Trinajstić information content (AvgIpc) is 3.42. The number of ether oxygens (including phenoxy) is 4. The number of hydrogen-bond acceptors (Lipinski definition) is 4. The van der Waals surface area contributed by atoms with E-state index in [4.69, 9.17) is 18.9 Å². The third-order valence-electron chi connectivity index (χ3n) is 7.44. The van der Waals surface area contributed by atoms with Crippen molar-refractivity contribution in [1.82, 2.24) is 0 Å². The fourth-order valence-corrected chi connectivity index (χ4v) is 5.67. The number of pyridine rings is 1. The molecule has 1 aliphatic heterocycles. The lowest BCUT2D eigenvalue weighted by molar-refractivity contribution is -0.642. The van der Waals surface area contributed by atoms with Gasteiger partial charge in [-0.1, -0.05) is 60.7 Å². The van der Waals surface area contributed by atoms with Gasteiger partial charge < -0.3 is 18.9 Å². The maximum atomic E-state index is 5.89. The van der Waals surface area contributed by atoms with Crippen LogP contribution in [0.4, 0.5) is 0 Å². The van der Waals surface area contributed by atoms with Crippen molar-refractivity contribution in [3.8, 4) is 45.3 Å². The van der Waals surface area contributed by atoms with E-state index in [2.05, 4.69) is 96.7 Å². The summed E-state index contributed by atoms with van der Waals surface area (Å²) in [6, 6.07) is 29.7. The fourth-order valence-electron chi connectivity index (χ4n) is 5.67. The zero-order valence-electron chi connectivity index (χ0n) is 21.4. The minimum atomic E-state index is 0.249. The zero-order valence-corrected chi connectivity index (χ0v) is 21.4. The van der Waals surface area contributed by atoms with Gasteiger partial charge in [0, 0.05) is 5.39 Å². The van der Waals surface area contributed by atoms with Crippen LogP contribution in [0.5, 0.6) is 23.0 Å². The Morgan fingerprint density at radius 1 is 0.684 bits per heavy atom. The second-order valence-corrected chi connectivity index (χ2v) is 9.52. The van der Waals surface area contributed by atoms with Gasteiger partial charge in [0.05, 0.1) is 30.4 Å². The van der Waals surface area contributed by atoms with Crippen molar-refractivity contribution < 1.29 is 23.5 Å². The Bertz CT molecular complexity index is 1860. The third kappa shape index (κ3) is 3.36. The van der Waals surface area contributed by atoms with E-state index < -0.39 is 0 Å². The van der Waals surface area contributed by atoms with Crippen LogP contribution in [0.1, 0.15) is 0 Å². The molecule has 5 heteroatoms. The predicted octanol–water partition coefficient (Wildman–Crippen LogP) is 7.05. The van der Waals surface area contributed by atoms with E-state index >= 15 is 0 Å². The lowest BCUT2D eigenvalue weighted by atomic mass is 9.92. The van der Waals surface area contributed by atoms with E-state index in [1.54, 1.807) is 14.2 Å². The van der Waals surface area contributed by atoms with Gasteiger partial charge in [-0.25, -0.2) is 0 Å². The number of fused-ring (bicyclic) bond motifs is 6. The van der Waals surface area contributed by atoms with Crippen LogP contribution in [0.15, 0.2) is 91.1 Å². The summed E-state index contributed by atoms with van der Waals surface area (Å²) in [6.45, 7) is 0.249. The highest BCUT2D eigenvalue weighted by atomic mass is 16.7. The maximum Gasteiger partial charge on any atom is 0.231 e. The Labute approximate surface area is 220 Å². The molecule has 1 aromatic heterocycles. The molecule has 0 spiro atoms. The number of aromatic nitrogens is 1. The normalized spacial score (nSPS) is 12.4. The van der Waals surface area contributed by atoms with E-state index in [0.717, 1.165) is 60.8 Å². The molecule has 6 aromatic rings. The monoisotopic (exact) mass is 500 g/mol. The molecule has 0 atom stereocenters. The summed E-state index contributed by atoms with van der Waals surface area (Å²) in [5.41, 5.74) is 5.68. The molecule has 0 aliphatic carbocycles. The van der Waals surface area contributed by atoms with E-state index in [1.807, 2.05) is 6.07 Å². The summed E-state index contributed by atoms with van der Waals surface area (Å²) in [4.78, 5) is 0. The van der Waals surface area contributed by atoms with Crippen LogP contribution in [-0.2, 0) is 7.05 Å². The molecule has 1 aliphatic rings. The molecular weight excluding hydrogens is 474 g/mol. The highest BCUT2D eigenvalue weighted by Crippen LogP contribution is 2.46. The van der Waals surface area contributed by atoms with E-state index in [9.17, 15) is 0 Å². The first-order chi connectivity index (χ1) is 18.7. The van der Waals surface area contributed by atoms with E-state index in [-0.39, 0.29) is 6.79 Å². The van der Waals surface area contributed by atoms with Gasteiger partial charge in [-0.15, -0.1) is 0 Å². The lowest BCUT2D eigenvalue weighted by Crippen LogP contribution is -2.28. The van der Waals surface area contributed by atoms with Gasteiger partial charge in [0.2, 0.25) is 12.3 Å². The number of rotatable bonds is 4. The minimum Gasteiger partial charge on any atom is -0.493 e. The summed E-state index contributed by atoms with van der Waals surface area (Å²) >= 11 is 0. The first kappa shape index (κ1) is 22.4. The Balaban J connectivity index is 1.55. The molecule has 0 unspecified atom stereocenters. The molecule has 2 heterocycles.